The summed E-state index contributed by atoms with van der Waals surface area (Å²) >= 11 is 0. The Kier molecular flexibility index (Phi) is 3.54. The second kappa shape index (κ2) is 5.32. The molecule has 2 aromatic carbocycles. The van der Waals surface area contributed by atoms with E-state index in [0.29, 0.717) is 18.2 Å². The Labute approximate surface area is 114 Å². The van der Waals surface area contributed by atoms with E-state index in [1.54, 1.807) is 0 Å². The van der Waals surface area contributed by atoms with E-state index in [9.17, 15) is 0 Å². The molecule has 1 heterocycles. The highest BCUT2D eigenvalue weighted by Crippen LogP contribution is 2.27. The molecule has 1 N–H and O–H groups in total. The molecule has 0 radical (unpaired) electrons. The zero-order valence-electron chi connectivity index (χ0n) is 11.6. The number of nitrogens with one attached hydrogen (secondary N) is 1. The number of epoxide rings is 1. The smallest absolute Gasteiger partial charge is 0.0994 e. The van der Waals surface area contributed by atoms with Gasteiger partial charge in [-0.15, -0.1) is 0 Å². The monoisotopic (exact) mass is 255 g/mol. The van der Waals surface area contributed by atoms with E-state index < -0.39 is 0 Å². The van der Waals surface area contributed by atoms with Crippen LogP contribution in [0, 0.1) is 0 Å². The molecule has 0 spiro atoms. The van der Waals surface area contributed by atoms with Gasteiger partial charge in [-0.1, -0.05) is 49.4 Å². The molecular formula is C17H21NO. The first-order valence-corrected chi connectivity index (χ1v) is 7.14. The van der Waals surface area contributed by atoms with Gasteiger partial charge in [0.15, 0.2) is 0 Å². The highest BCUT2D eigenvalue weighted by Gasteiger charge is 2.40. The highest BCUT2D eigenvalue weighted by molar-refractivity contribution is 5.83. The first kappa shape index (κ1) is 12.6. The van der Waals surface area contributed by atoms with Crippen molar-refractivity contribution in [1.29, 1.82) is 0 Å². The van der Waals surface area contributed by atoms with Crippen molar-refractivity contribution in [3.8, 4) is 0 Å². The number of likely N-dealkylation sites (N-methyl/N-ethyl adjacent to an activating group) is 1. The van der Waals surface area contributed by atoms with Gasteiger partial charge in [0.25, 0.3) is 0 Å². The maximum absolute atomic E-state index is 5.63. The van der Waals surface area contributed by atoms with Crippen LogP contribution in [-0.2, 0) is 11.2 Å². The van der Waals surface area contributed by atoms with Crippen LogP contribution in [0.2, 0.25) is 0 Å². The molecule has 0 amide bonds. The molecule has 1 aliphatic heterocycles. The number of hydrogen-bond acceptors (Lipinski definition) is 2. The maximum atomic E-state index is 5.63. The van der Waals surface area contributed by atoms with Crippen molar-refractivity contribution in [3.63, 3.8) is 0 Å². The van der Waals surface area contributed by atoms with Crippen molar-refractivity contribution >= 4 is 10.8 Å². The third-order valence-electron chi connectivity index (χ3n) is 3.89. The maximum Gasteiger partial charge on any atom is 0.0994 e. The summed E-state index contributed by atoms with van der Waals surface area (Å²) in [6, 6.07) is 15.7. The Balaban J connectivity index is 1.79. The number of hydrogen-bond donors (Lipinski definition) is 1. The van der Waals surface area contributed by atoms with Gasteiger partial charge in [-0.2, -0.15) is 0 Å². The number of fused-ring (bicyclic) bond motifs is 1. The van der Waals surface area contributed by atoms with Crippen LogP contribution >= 0.6 is 0 Å². The van der Waals surface area contributed by atoms with Gasteiger partial charge >= 0.3 is 0 Å². The molecule has 0 aromatic heterocycles. The van der Waals surface area contributed by atoms with Gasteiger partial charge in [-0.3, -0.25) is 0 Å². The standard InChI is InChI=1S/C17H21NO/c1-3-18-16(17-12(2)19-17)11-13-8-9-14-6-4-5-7-15(14)10-13/h4-10,12,16-18H,3,11H2,1-2H3. The van der Waals surface area contributed by atoms with Crippen molar-refractivity contribution < 1.29 is 4.74 Å². The highest BCUT2D eigenvalue weighted by atomic mass is 16.6. The average molecular weight is 255 g/mol. The van der Waals surface area contributed by atoms with E-state index in [1.807, 2.05) is 0 Å². The van der Waals surface area contributed by atoms with Crippen molar-refractivity contribution in [3.05, 3.63) is 48.0 Å². The lowest BCUT2D eigenvalue weighted by atomic mass is 9.99. The van der Waals surface area contributed by atoms with Crippen molar-refractivity contribution in [2.24, 2.45) is 0 Å². The summed E-state index contributed by atoms with van der Waals surface area (Å²) in [4.78, 5) is 0. The summed E-state index contributed by atoms with van der Waals surface area (Å²) in [6.45, 7) is 5.29. The van der Waals surface area contributed by atoms with Crippen LogP contribution in [-0.4, -0.2) is 24.8 Å². The minimum atomic E-state index is 0.381. The van der Waals surface area contributed by atoms with Crippen LogP contribution in [0.25, 0.3) is 10.8 Å². The Morgan fingerprint density at radius 2 is 1.89 bits per heavy atom. The fourth-order valence-electron chi connectivity index (χ4n) is 2.81. The molecule has 0 saturated carbocycles. The predicted molar refractivity (Wildman–Crippen MR) is 79.5 cm³/mol. The van der Waals surface area contributed by atoms with E-state index >= 15 is 0 Å². The molecular weight excluding hydrogens is 234 g/mol. The van der Waals surface area contributed by atoms with Gasteiger partial charge < -0.3 is 10.1 Å². The molecule has 1 fully saturated rings. The van der Waals surface area contributed by atoms with Crippen molar-refractivity contribution in [2.45, 2.75) is 38.5 Å². The van der Waals surface area contributed by atoms with Crippen LogP contribution in [0.1, 0.15) is 19.4 Å². The lowest BCUT2D eigenvalue weighted by Gasteiger charge is -2.16. The predicted octanol–water partition coefficient (Wildman–Crippen LogP) is 3.15. The van der Waals surface area contributed by atoms with E-state index in [0.717, 1.165) is 13.0 Å². The Bertz CT molecular complexity index is 566. The van der Waals surface area contributed by atoms with E-state index in [1.165, 1.54) is 16.3 Å². The van der Waals surface area contributed by atoms with Crippen LogP contribution in [0.3, 0.4) is 0 Å². The fourth-order valence-corrected chi connectivity index (χ4v) is 2.81. The van der Waals surface area contributed by atoms with Gasteiger partial charge in [-0.25, -0.2) is 0 Å². The summed E-state index contributed by atoms with van der Waals surface area (Å²) < 4.78 is 5.63. The normalized spacial score (nSPS) is 23.5. The quantitative estimate of drug-likeness (QED) is 0.830. The lowest BCUT2D eigenvalue weighted by Crippen LogP contribution is -2.36. The fraction of sp³-hybridized carbons (Fsp3) is 0.412. The molecule has 2 nitrogen and oxygen atoms in total. The molecule has 100 valence electrons. The average Bonchev–Trinajstić information content (AvgIpc) is 3.15. The van der Waals surface area contributed by atoms with Crippen LogP contribution in [0.15, 0.2) is 42.5 Å². The van der Waals surface area contributed by atoms with Crippen molar-refractivity contribution in [1.82, 2.24) is 5.32 Å². The van der Waals surface area contributed by atoms with E-state index in [-0.39, 0.29) is 0 Å². The largest absolute Gasteiger partial charge is 0.368 e. The topological polar surface area (TPSA) is 24.6 Å². The minimum Gasteiger partial charge on any atom is -0.368 e. The Morgan fingerprint density at radius 1 is 1.16 bits per heavy atom. The van der Waals surface area contributed by atoms with Crippen LogP contribution < -0.4 is 5.32 Å². The van der Waals surface area contributed by atoms with Gasteiger partial charge in [0, 0.05) is 6.04 Å². The molecule has 0 aliphatic carbocycles. The summed E-state index contributed by atoms with van der Waals surface area (Å²) in [7, 11) is 0. The summed E-state index contributed by atoms with van der Waals surface area (Å²) in [5, 5.41) is 6.17. The zero-order chi connectivity index (χ0) is 13.2. The van der Waals surface area contributed by atoms with Gasteiger partial charge in [-0.05, 0) is 36.2 Å². The molecule has 1 saturated heterocycles. The first-order chi connectivity index (χ1) is 9.28. The van der Waals surface area contributed by atoms with Crippen LogP contribution in [0.4, 0.5) is 0 Å². The molecule has 0 bridgehead atoms. The Morgan fingerprint density at radius 3 is 2.58 bits per heavy atom. The zero-order valence-corrected chi connectivity index (χ0v) is 11.6. The van der Waals surface area contributed by atoms with E-state index in [4.69, 9.17) is 4.74 Å². The molecule has 3 rings (SSSR count). The summed E-state index contributed by atoms with van der Waals surface area (Å²) in [5.41, 5.74) is 1.38. The molecule has 3 atom stereocenters. The SMILES string of the molecule is CCNC(Cc1ccc2ccccc2c1)C1OC1C. The summed E-state index contributed by atoms with van der Waals surface area (Å²) in [6.07, 6.45) is 1.82. The van der Waals surface area contributed by atoms with Crippen LogP contribution in [0.5, 0.6) is 0 Å². The lowest BCUT2D eigenvalue weighted by molar-refractivity contribution is 0.329. The molecule has 2 aromatic rings. The summed E-state index contributed by atoms with van der Waals surface area (Å²) in [5.74, 6) is 0. The second-order valence-corrected chi connectivity index (χ2v) is 5.36. The molecule has 19 heavy (non-hydrogen) atoms. The second-order valence-electron chi connectivity index (χ2n) is 5.36. The minimum absolute atomic E-state index is 0.381. The first-order valence-electron chi connectivity index (χ1n) is 7.14. The Hall–Kier alpha value is -1.38. The number of benzene rings is 2. The van der Waals surface area contributed by atoms with Gasteiger partial charge in [0.1, 0.15) is 0 Å². The van der Waals surface area contributed by atoms with Gasteiger partial charge in [0.05, 0.1) is 12.2 Å². The number of ether oxygens (including phenoxy) is 1. The third-order valence-corrected chi connectivity index (χ3v) is 3.89. The molecule has 2 heteroatoms. The van der Waals surface area contributed by atoms with E-state index in [2.05, 4.69) is 61.6 Å². The third kappa shape index (κ3) is 2.80. The molecule has 1 aliphatic rings. The number of rotatable bonds is 5. The molecule has 3 unspecified atom stereocenters. The van der Waals surface area contributed by atoms with Crippen molar-refractivity contribution in [2.75, 3.05) is 6.54 Å². The van der Waals surface area contributed by atoms with Gasteiger partial charge in [0.2, 0.25) is 0 Å².